The summed E-state index contributed by atoms with van der Waals surface area (Å²) in [6.07, 6.45) is 0. The van der Waals surface area contributed by atoms with E-state index in [9.17, 15) is 9.59 Å². The van der Waals surface area contributed by atoms with E-state index in [1.807, 2.05) is 12.4 Å². The summed E-state index contributed by atoms with van der Waals surface area (Å²) in [7, 11) is 2.00. The van der Waals surface area contributed by atoms with Crippen molar-refractivity contribution in [1.82, 2.24) is 0 Å². The fourth-order valence-electron chi connectivity index (χ4n) is 2.07. The molecular formula is C16H19N2O2S+. The molecule has 2 aromatic rings. The molecule has 1 amide bonds. The first kappa shape index (κ1) is 15.4. The summed E-state index contributed by atoms with van der Waals surface area (Å²) in [6, 6.07) is 9.03. The van der Waals surface area contributed by atoms with Gasteiger partial charge in [-0.25, -0.2) is 0 Å². The molecule has 0 bridgehead atoms. The first-order chi connectivity index (χ1) is 10.0. The lowest BCUT2D eigenvalue weighted by molar-refractivity contribution is -0.885. The Morgan fingerprint density at radius 3 is 2.48 bits per heavy atom. The van der Waals surface area contributed by atoms with Crippen LogP contribution in [0.5, 0.6) is 0 Å². The predicted octanol–water partition coefficient (Wildman–Crippen LogP) is 1.60. The molecule has 0 aliphatic carbocycles. The van der Waals surface area contributed by atoms with Crippen LogP contribution in [0.4, 0.5) is 5.69 Å². The van der Waals surface area contributed by atoms with Gasteiger partial charge in [-0.1, -0.05) is 0 Å². The van der Waals surface area contributed by atoms with Crippen LogP contribution in [0.25, 0.3) is 0 Å². The number of anilines is 1. The number of hydrogen-bond acceptors (Lipinski definition) is 3. The zero-order valence-corrected chi connectivity index (χ0v) is 13.0. The van der Waals surface area contributed by atoms with Crippen molar-refractivity contribution in [3.05, 3.63) is 52.2 Å². The summed E-state index contributed by atoms with van der Waals surface area (Å²) in [5.41, 5.74) is 2.61. The maximum atomic E-state index is 12.0. The van der Waals surface area contributed by atoms with Gasteiger partial charge in [0.2, 0.25) is 0 Å². The molecule has 21 heavy (non-hydrogen) atoms. The van der Waals surface area contributed by atoms with Crippen molar-refractivity contribution < 1.29 is 14.5 Å². The fraction of sp³-hybridized carbons (Fsp3) is 0.250. The van der Waals surface area contributed by atoms with Crippen LogP contribution in [-0.2, 0) is 11.3 Å². The summed E-state index contributed by atoms with van der Waals surface area (Å²) >= 11 is 1.67. The number of hydrogen-bond donors (Lipinski definition) is 2. The zero-order valence-electron chi connectivity index (χ0n) is 12.2. The molecule has 0 saturated heterocycles. The minimum Gasteiger partial charge on any atom is -0.326 e. The minimum absolute atomic E-state index is 0.0211. The van der Waals surface area contributed by atoms with Gasteiger partial charge >= 0.3 is 0 Å². The molecule has 0 saturated carbocycles. The largest absolute Gasteiger partial charge is 0.326 e. The number of Topliss-reactive ketones (excluding diaryl/α,β-unsaturated/α-hetero) is 1. The highest BCUT2D eigenvalue weighted by molar-refractivity contribution is 7.07. The van der Waals surface area contributed by atoms with E-state index in [0.29, 0.717) is 17.8 Å². The van der Waals surface area contributed by atoms with Gasteiger partial charge in [0.25, 0.3) is 5.91 Å². The lowest BCUT2D eigenvalue weighted by atomic mass is 10.1. The smallest absolute Gasteiger partial charge is 0.279 e. The molecule has 1 unspecified atom stereocenters. The van der Waals surface area contributed by atoms with Crippen molar-refractivity contribution >= 4 is 28.7 Å². The van der Waals surface area contributed by atoms with Gasteiger partial charge in [-0.2, -0.15) is 11.3 Å². The van der Waals surface area contributed by atoms with E-state index in [4.69, 9.17) is 0 Å². The number of nitrogens with one attached hydrogen (secondary N) is 2. The molecule has 0 fully saturated rings. The monoisotopic (exact) mass is 303 g/mol. The van der Waals surface area contributed by atoms with E-state index in [0.717, 1.165) is 11.4 Å². The summed E-state index contributed by atoms with van der Waals surface area (Å²) in [5, 5.41) is 6.99. The molecule has 2 N–H and O–H groups in total. The number of thiophene rings is 1. The van der Waals surface area contributed by atoms with Crippen molar-refractivity contribution in [2.75, 3.05) is 18.9 Å². The Morgan fingerprint density at radius 1 is 1.19 bits per heavy atom. The number of rotatable bonds is 6. The van der Waals surface area contributed by atoms with Crippen LogP contribution in [0.1, 0.15) is 22.8 Å². The molecule has 1 aromatic carbocycles. The third-order valence-corrected chi connectivity index (χ3v) is 3.86. The first-order valence-corrected chi connectivity index (χ1v) is 7.72. The first-order valence-electron chi connectivity index (χ1n) is 6.78. The second-order valence-electron chi connectivity index (χ2n) is 5.12. The number of carbonyl (C=O) groups is 2. The second-order valence-corrected chi connectivity index (χ2v) is 5.90. The van der Waals surface area contributed by atoms with E-state index < -0.39 is 0 Å². The fourth-order valence-corrected chi connectivity index (χ4v) is 2.74. The van der Waals surface area contributed by atoms with Gasteiger partial charge in [-0.05, 0) is 48.0 Å². The molecule has 0 radical (unpaired) electrons. The molecular weight excluding hydrogens is 284 g/mol. The van der Waals surface area contributed by atoms with Gasteiger partial charge in [0.1, 0.15) is 6.54 Å². The highest BCUT2D eigenvalue weighted by atomic mass is 32.1. The summed E-state index contributed by atoms with van der Waals surface area (Å²) < 4.78 is 0. The highest BCUT2D eigenvalue weighted by Gasteiger charge is 2.11. The molecule has 0 aliphatic rings. The van der Waals surface area contributed by atoms with Gasteiger partial charge in [0.05, 0.1) is 7.05 Å². The lowest BCUT2D eigenvalue weighted by Gasteiger charge is -2.13. The Balaban J connectivity index is 1.84. The Hall–Kier alpha value is -1.98. The molecule has 0 spiro atoms. The number of amides is 1. The maximum absolute atomic E-state index is 12.0. The van der Waals surface area contributed by atoms with Crippen LogP contribution in [0, 0.1) is 0 Å². The zero-order chi connectivity index (χ0) is 15.2. The predicted molar refractivity (Wildman–Crippen MR) is 84.9 cm³/mol. The van der Waals surface area contributed by atoms with E-state index in [-0.39, 0.29) is 11.7 Å². The third-order valence-electron chi connectivity index (χ3n) is 3.12. The van der Waals surface area contributed by atoms with Crippen LogP contribution in [-0.4, -0.2) is 25.3 Å². The van der Waals surface area contributed by atoms with Crippen molar-refractivity contribution in [2.24, 2.45) is 0 Å². The number of benzene rings is 1. The Labute approximate surface area is 128 Å². The standard InChI is InChI=1S/C16H18N2O2S/c1-12(19)14-3-5-15(6-4-14)17-16(20)10-18(2)9-13-7-8-21-11-13/h3-8,11H,9-10H2,1-2H3,(H,17,20)/p+1. The number of quaternary nitrogens is 1. The molecule has 0 aliphatic heterocycles. The van der Waals surface area contributed by atoms with Gasteiger partial charge in [0.15, 0.2) is 12.3 Å². The Bertz CT molecular complexity index is 606. The number of carbonyl (C=O) groups excluding carboxylic acids is 2. The SMILES string of the molecule is CC(=O)c1ccc(NC(=O)C[NH+](C)Cc2ccsc2)cc1. The number of likely N-dealkylation sites (N-methyl/N-ethyl adjacent to an activating group) is 1. The van der Waals surface area contributed by atoms with E-state index in [1.165, 1.54) is 12.5 Å². The van der Waals surface area contributed by atoms with Gasteiger partial charge in [-0.3, -0.25) is 9.59 Å². The number of ketones is 1. The van der Waals surface area contributed by atoms with Gasteiger partial charge < -0.3 is 10.2 Å². The van der Waals surface area contributed by atoms with Crippen LogP contribution in [0.15, 0.2) is 41.1 Å². The molecule has 2 rings (SSSR count). The van der Waals surface area contributed by atoms with E-state index >= 15 is 0 Å². The Kier molecular flexibility index (Phi) is 5.25. The lowest BCUT2D eigenvalue weighted by Crippen LogP contribution is -3.08. The summed E-state index contributed by atoms with van der Waals surface area (Å²) in [4.78, 5) is 24.3. The normalized spacial score (nSPS) is 11.9. The molecule has 110 valence electrons. The van der Waals surface area contributed by atoms with Crippen molar-refractivity contribution in [2.45, 2.75) is 13.5 Å². The van der Waals surface area contributed by atoms with Crippen LogP contribution >= 0.6 is 11.3 Å². The molecule has 4 nitrogen and oxygen atoms in total. The van der Waals surface area contributed by atoms with Crippen LogP contribution in [0.2, 0.25) is 0 Å². The van der Waals surface area contributed by atoms with Crippen LogP contribution in [0.3, 0.4) is 0 Å². The summed E-state index contributed by atoms with van der Waals surface area (Å²) in [5.74, 6) is -0.00822. The quantitative estimate of drug-likeness (QED) is 0.797. The third kappa shape index (κ3) is 4.81. The minimum atomic E-state index is -0.0293. The van der Waals surface area contributed by atoms with Gasteiger partial charge in [0, 0.05) is 16.8 Å². The topological polar surface area (TPSA) is 50.6 Å². The molecule has 1 atom stereocenters. The van der Waals surface area contributed by atoms with Crippen molar-refractivity contribution in [3.8, 4) is 0 Å². The maximum Gasteiger partial charge on any atom is 0.279 e. The second kappa shape index (κ2) is 7.15. The highest BCUT2D eigenvalue weighted by Crippen LogP contribution is 2.09. The van der Waals surface area contributed by atoms with E-state index in [2.05, 4.69) is 16.8 Å². The molecule has 1 heterocycles. The molecule has 5 heteroatoms. The molecule has 1 aromatic heterocycles. The van der Waals surface area contributed by atoms with E-state index in [1.54, 1.807) is 35.6 Å². The average molecular weight is 303 g/mol. The van der Waals surface area contributed by atoms with Crippen molar-refractivity contribution in [1.29, 1.82) is 0 Å². The summed E-state index contributed by atoms with van der Waals surface area (Å²) in [6.45, 7) is 2.76. The van der Waals surface area contributed by atoms with Gasteiger partial charge in [-0.15, -0.1) is 0 Å². The van der Waals surface area contributed by atoms with Crippen molar-refractivity contribution in [3.63, 3.8) is 0 Å². The average Bonchev–Trinajstić information content (AvgIpc) is 2.91. The van der Waals surface area contributed by atoms with Crippen LogP contribution < -0.4 is 10.2 Å². The Morgan fingerprint density at radius 2 is 1.90 bits per heavy atom.